The van der Waals surface area contributed by atoms with Gasteiger partial charge in [-0.25, -0.2) is 8.60 Å². The Hall–Kier alpha value is -2.99. The van der Waals surface area contributed by atoms with Crippen LogP contribution in [-0.2, 0) is 17.4 Å². The second-order valence-corrected chi connectivity index (χ2v) is 7.95. The van der Waals surface area contributed by atoms with Crippen LogP contribution in [0.15, 0.2) is 77.7 Å². The summed E-state index contributed by atoms with van der Waals surface area (Å²) >= 11 is 0. The summed E-state index contributed by atoms with van der Waals surface area (Å²) in [6.45, 7) is 2.01. The molecule has 4 rings (SSSR count). The maximum absolute atomic E-state index is 13.8. The predicted molar refractivity (Wildman–Crippen MR) is 109 cm³/mol. The number of nitrogens with one attached hydrogen (secondary N) is 1. The number of carbonyl (C=O) groups is 1. The monoisotopic (exact) mass is 394 g/mol. The van der Waals surface area contributed by atoms with Gasteiger partial charge in [-0.2, -0.15) is 0 Å². The highest BCUT2D eigenvalue weighted by molar-refractivity contribution is 7.86. The molecule has 3 aromatic carbocycles. The van der Waals surface area contributed by atoms with Crippen LogP contribution >= 0.6 is 0 Å². The third kappa shape index (κ3) is 3.43. The van der Waals surface area contributed by atoms with Crippen LogP contribution in [0, 0.1) is 5.82 Å². The number of fused-ring (bicyclic) bond motifs is 1. The van der Waals surface area contributed by atoms with Crippen LogP contribution in [0.3, 0.4) is 0 Å². The normalized spacial score (nSPS) is 16.5. The fourth-order valence-corrected chi connectivity index (χ4v) is 4.38. The van der Waals surface area contributed by atoms with E-state index in [1.165, 1.54) is 12.1 Å². The van der Waals surface area contributed by atoms with Crippen LogP contribution < -0.4 is 9.62 Å². The lowest BCUT2D eigenvalue weighted by Gasteiger charge is -2.23. The molecule has 1 N–H and O–H groups in total. The van der Waals surface area contributed by atoms with Crippen molar-refractivity contribution in [2.45, 2.75) is 24.3 Å². The molecule has 4 nitrogen and oxygen atoms in total. The lowest BCUT2D eigenvalue weighted by atomic mass is 10.1. The van der Waals surface area contributed by atoms with Gasteiger partial charge < -0.3 is 4.90 Å². The Kier molecular flexibility index (Phi) is 4.96. The lowest BCUT2D eigenvalue weighted by molar-refractivity contribution is 0.0981. The van der Waals surface area contributed by atoms with E-state index in [1.807, 2.05) is 31.2 Å². The van der Waals surface area contributed by atoms with Gasteiger partial charge in [-0.05, 0) is 55.3 Å². The Balaban J connectivity index is 1.60. The van der Waals surface area contributed by atoms with Gasteiger partial charge >= 0.3 is 0 Å². The number of nitrogens with zero attached hydrogens (tertiary/aromatic N) is 1. The molecule has 3 aromatic rings. The number of carbonyl (C=O) groups excluding carboxylic acids is 1. The van der Waals surface area contributed by atoms with E-state index in [4.69, 9.17) is 0 Å². The molecule has 0 saturated heterocycles. The van der Waals surface area contributed by atoms with E-state index >= 15 is 0 Å². The third-order valence-electron chi connectivity index (χ3n) is 4.80. The number of halogens is 1. The molecule has 0 fully saturated rings. The molecule has 142 valence electrons. The highest BCUT2D eigenvalue weighted by Crippen LogP contribution is 2.33. The van der Waals surface area contributed by atoms with Crippen molar-refractivity contribution in [2.75, 3.05) is 9.62 Å². The van der Waals surface area contributed by atoms with E-state index in [1.54, 1.807) is 41.3 Å². The van der Waals surface area contributed by atoms with Crippen molar-refractivity contribution in [3.8, 4) is 0 Å². The topological polar surface area (TPSA) is 49.4 Å². The largest absolute Gasteiger partial charge is 0.305 e. The highest BCUT2D eigenvalue weighted by atomic mass is 32.2. The summed E-state index contributed by atoms with van der Waals surface area (Å²) in [5.74, 6) is -0.618. The molecule has 1 heterocycles. The summed E-state index contributed by atoms with van der Waals surface area (Å²) < 4.78 is 29.1. The zero-order valence-electron chi connectivity index (χ0n) is 15.3. The molecule has 0 saturated carbocycles. The second-order valence-electron chi connectivity index (χ2n) is 6.74. The highest BCUT2D eigenvalue weighted by Gasteiger charge is 2.31. The molecule has 0 aliphatic carbocycles. The molecule has 6 heteroatoms. The molecule has 1 amide bonds. The average molecular weight is 394 g/mol. The molecule has 0 radical (unpaired) electrons. The molecule has 0 spiro atoms. The molecular weight excluding hydrogens is 375 g/mol. The van der Waals surface area contributed by atoms with Gasteiger partial charge in [0.25, 0.3) is 5.91 Å². The van der Waals surface area contributed by atoms with Gasteiger partial charge in [0.05, 0.1) is 10.6 Å². The van der Waals surface area contributed by atoms with E-state index < -0.39 is 16.8 Å². The molecule has 28 heavy (non-hydrogen) atoms. The van der Waals surface area contributed by atoms with Gasteiger partial charge in [0.2, 0.25) is 0 Å². The number of benzene rings is 3. The van der Waals surface area contributed by atoms with Crippen LogP contribution in [-0.4, -0.2) is 16.2 Å². The molecule has 1 aliphatic heterocycles. The number of hydrogen-bond acceptors (Lipinski definition) is 2. The first-order valence-corrected chi connectivity index (χ1v) is 10.1. The van der Waals surface area contributed by atoms with Crippen LogP contribution in [0.5, 0.6) is 0 Å². The van der Waals surface area contributed by atoms with Crippen molar-refractivity contribution in [1.82, 2.24) is 0 Å². The van der Waals surface area contributed by atoms with E-state index in [0.29, 0.717) is 10.5 Å². The van der Waals surface area contributed by atoms with Gasteiger partial charge in [-0.3, -0.25) is 9.52 Å². The second kappa shape index (κ2) is 7.56. The maximum Gasteiger partial charge on any atom is 0.258 e. The minimum atomic E-state index is -1.69. The number of para-hydroxylation sites is 2. The van der Waals surface area contributed by atoms with E-state index in [0.717, 1.165) is 17.7 Å². The Morgan fingerprint density at radius 2 is 1.82 bits per heavy atom. The van der Waals surface area contributed by atoms with Gasteiger partial charge in [-0.1, -0.05) is 36.4 Å². The number of rotatable bonds is 4. The van der Waals surface area contributed by atoms with Crippen molar-refractivity contribution in [3.63, 3.8) is 0 Å². The minimum Gasteiger partial charge on any atom is -0.305 e. The summed E-state index contributed by atoms with van der Waals surface area (Å²) in [5.41, 5.74) is 2.66. The fourth-order valence-electron chi connectivity index (χ4n) is 3.46. The Morgan fingerprint density at radius 1 is 1.07 bits per heavy atom. The summed E-state index contributed by atoms with van der Waals surface area (Å²) in [7, 11) is -1.69. The van der Waals surface area contributed by atoms with E-state index in [-0.39, 0.29) is 17.6 Å². The lowest BCUT2D eigenvalue weighted by Crippen LogP contribution is -2.35. The predicted octanol–water partition coefficient (Wildman–Crippen LogP) is 4.55. The molecule has 0 aromatic heterocycles. The number of hydrogen-bond donors (Lipinski definition) is 1. The minimum absolute atomic E-state index is 0.0515. The first kappa shape index (κ1) is 18.4. The van der Waals surface area contributed by atoms with Crippen LogP contribution in [0.25, 0.3) is 0 Å². The summed E-state index contributed by atoms with van der Waals surface area (Å²) in [5, 5.41) is 0. The van der Waals surface area contributed by atoms with Gasteiger partial charge in [0.15, 0.2) is 0 Å². The van der Waals surface area contributed by atoms with Crippen molar-refractivity contribution < 1.29 is 13.4 Å². The fraction of sp³-hybridized carbons (Fsp3) is 0.136. The molecule has 1 aliphatic rings. The van der Waals surface area contributed by atoms with Gasteiger partial charge in [-0.15, -0.1) is 0 Å². The summed E-state index contributed by atoms with van der Waals surface area (Å²) in [6, 6.07) is 20.6. The van der Waals surface area contributed by atoms with Gasteiger partial charge in [0, 0.05) is 17.3 Å². The third-order valence-corrected chi connectivity index (χ3v) is 5.89. The van der Waals surface area contributed by atoms with Gasteiger partial charge in [0.1, 0.15) is 16.8 Å². The van der Waals surface area contributed by atoms with Crippen LogP contribution in [0.4, 0.5) is 15.8 Å². The zero-order chi connectivity index (χ0) is 19.7. The SMILES string of the molecule is CC1Cc2ccccc2N1C(=O)c1cccc(S(=O)Nc2ccccc2F)c1. The smallest absolute Gasteiger partial charge is 0.258 e. The van der Waals surface area contributed by atoms with Crippen molar-refractivity contribution in [2.24, 2.45) is 0 Å². The average Bonchev–Trinajstić information content (AvgIpc) is 3.05. The Labute approximate surface area is 165 Å². The molecule has 2 unspecified atom stereocenters. The number of anilines is 2. The van der Waals surface area contributed by atoms with E-state index in [9.17, 15) is 13.4 Å². The molecular formula is C22H19FN2O2S. The van der Waals surface area contributed by atoms with E-state index in [2.05, 4.69) is 4.72 Å². The quantitative estimate of drug-likeness (QED) is 0.706. The molecule has 2 atom stereocenters. The zero-order valence-corrected chi connectivity index (χ0v) is 16.1. The van der Waals surface area contributed by atoms with Crippen molar-refractivity contribution in [3.05, 3.63) is 89.7 Å². The number of amides is 1. The van der Waals surface area contributed by atoms with Crippen LogP contribution in [0.2, 0.25) is 0 Å². The first-order chi connectivity index (χ1) is 13.5. The van der Waals surface area contributed by atoms with Crippen molar-refractivity contribution >= 4 is 28.3 Å². The standard InChI is InChI=1S/C22H19FN2O2S/c1-15-13-16-7-2-5-12-21(16)25(15)22(26)17-8-6-9-18(14-17)28(27)24-20-11-4-3-10-19(20)23/h2-12,14-15,24H,13H2,1H3. The van der Waals surface area contributed by atoms with Crippen molar-refractivity contribution in [1.29, 1.82) is 0 Å². The maximum atomic E-state index is 13.8. The van der Waals surface area contributed by atoms with Crippen LogP contribution in [0.1, 0.15) is 22.8 Å². The molecule has 0 bridgehead atoms. The summed E-state index contributed by atoms with van der Waals surface area (Å²) in [4.78, 5) is 15.3. The first-order valence-electron chi connectivity index (χ1n) is 8.99. The Bertz CT molecular complexity index is 1070. The Morgan fingerprint density at radius 3 is 2.64 bits per heavy atom. The summed E-state index contributed by atoms with van der Waals surface area (Å²) in [6.07, 6.45) is 0.808.